The van der Waals surface area contributed by atoms with Crippen LogP contribution in [0.5, 0.6) is 0 Å². The van der Waals surface area contributed by atoms with E-state index in [1.807, 2.05) is 0 Å². The molecule has 0 atom stereocenters. The van der Waals surface area contributed by atoms with Crippen molar-refractivity contribution >= 4 is 27.6 Å². The van der Waals surface area contributed by atoms with Crippen LogP contribution in [0.2, 0.25) is 0 Å². The van der Waals surface area contributed by atoms with E-state index in [0.29, 0.717) is 16.2 Å². The molecule has 5 nitrogen and oxygen atoms in total. The molecular weight excluding hydrogens is 198 g/mol. The molecule has 52 valence electrons. The number of rotatable bonds is 0. The van der Waals surface area contributed by atoms with Gasteiger partial charge in [-0.2, -0.15) is 0 Å². The first kappa shape index (κ1) is 5.87. The van der Waals surface area contributed by atoms with Crippen LogP contribution in [0, 0.1) is 0 Å². The number of nitrogens with zero attached hydrogens (tertiary/aromatic N) is 2. The highest BCUT2D eigenvalue weighted by atomic mass is 79.9. The summed E-state index contributed by atoms with van der Waals surface area (Å²) in [6.45, 7) is 0. The summed E-state index contributed by atoms with van der Waals surface area (Å²) in [5.74, 6) is 1.41. The number of aromatic nitrogens is 2. The first-order valence-electron chi connectivity index (χ1n) is 2.66. The number of hydrogen-bond acceptors (Lipinski definition) is 5. The Kier molecular flexibility index (Phi) is 1.21. The molecule has 1 aromatic rings. The Labute approximate surface area is 65.3 Å². The molecule has 1 aliphatic heterocycles. The molecule has 2 rings (SSSR count). The van der Waals surface area contributed by atoms with Gasteiger partial charge in [-0.15, -0.1) is 5.53 Å². The fourth-order valence-electron chi connectivity index (χ4n) is 0.696. The second-order valence-corrected chi connectivity index (χ2v) is 2.58. The highest BCUT2D eigenvalue weighted by Gasteiger charge is 2.10. The average Bonchev–Trinajstić information content (AvgIpc) is 2.33. The number of fused-ring (bicyclic) bond motifs is 1. The second-order valence-electron chi connectivity index (χ2n) is 1.76. The fourth-order valence-corrected chi connectivity index (χ4v) is 0.976. The van der Waals surface area contributed by atoms with E-state index in [0.717, 1.165) is 0 Å². The number of nitrogens with one attached hydrogen (secondary N) is 3. The third-order valence-corrected chi connectivity index (χ3v) is 1.49. The van der Waals surface area contributed by atoms with Gasteiger partial charge in [0.1, 0.15) is 4.60 Å². The van der Waals surface area contributed by atoms with Gasteiger partial charge in [-0.05, 0) is 15.9 Å². The molecule has 0 aromatic carbocycles. The van der Waals surface area contributed by atoms with E-state index in [1.165, 1.54) is 0 Å². The van der Waals surface area contributed by atoms with Gasteiger partial charge in [0.25, 0.3) is 0 Å². The van der Waals surface area contributed by atoms with Crippen LogP contribution in [0.25, 0.3) is 0 Å². The molecule has 0 saturated carbocycles. The van der Waals surface area contributed by atoms with Crippen molar-refractivity contribution in [2.45, 2.75) is 0 Å². The normalized spacial score (nSPS) is 13.7. The molecule has 0 spiro atoms. The summed E-state index contributed by atoms with van der Waals surface area (Å²) in [7, 11) is 0. The number of hydrazine groups is 2. The summed E-state index contributed by atoms with van der Waals surface area (Å²) in [6.07, 6.45) is 1.63. The Morgan fingerprint density at radius 3 is 3.00 bits per heavy atom. The van der Waals surface area contributed by atoms with Gasteiger partial charge < -0.3 is 0 Å². The molecule has 6 heteroatoms. The smallest absolute Gasteiger partial charge is 0.187 e. The monoisotopic (exact) mass is 201 g/mol. The van der Waals surface area contributed by atoms with Gasteiger partial charge in [-0.25, -0.2) is 9.97 Å². The van der Waals surface area contributed by atoms with Crippen molar-refractivity contribution in [3.05, 3.63) is 10.8 Å². The Balaban J connectivity index is 2.52. The lowest BCUT2D eigenvalue weighted by molar-refractivity contribution is 0.994. The molecule has 0 fully saturated rings. The van der Waals surface area contributed by atoms with Crippen LogP contribution < -0.4 is 16.4 Å². The second kappa shape index (κ2) is 2.06. The summed E-state index contributed by atoms with van der Waals surface area (Å²) in [6, 6.07) is 0. The molecule has 1 aliphatic rings. The zero-order valence-electron chi connectivity index (χ0n) is 4.85. The van der Waals surface area contributed by atoms with Crippen molar-refractivity contribution < 1.29 is 0 Å². The summed E-state index contributed by atoms with van der Waals surface area (Å²) in [5, 5.41) is 0. The van der Waals surface area contributed by atoms with E-state index >= 15 is 0 Å². The van der Waals surface area contributed by atoms with E-state index in [1.54, 1.807) is 6.20 Å². The topological polar surface area (TPSA) is 61.9 Å². The Morgan fingerprint density at radius 2 is 2.10 bits per heavy atom. The van der Waals surface area contributed by atoms with Crippen molar-refractivity contribution in [2.75, 3.05) is 10.9 Å². The fraction of sp³-hybridized carbons (Fsp3) is 0. The lowest BCUT2D eigenvalue weighted by Gasteiger charge is -1.92. The third kappa shape index (κ3) is 0.812. The average molecular weight is 202 g/mol. The van der Waals surface area contributed by atoms with E-state index in [2.05, 4.69) is 42.3 Å². The minimum atomic E-state index is 0.703. The standard InChI is InChI=1S/C4H4BrN5/c5-2-1-6-3-4(7-2)9-10-8-3/h1H,(H3,6,7,8,9,10). The van der Waals surface area contributed by atoms with Crippen LogP contribution >= 0.6 is 15.9 Å². The first-order chi connectivity index (χ1) is 4.86. The summed E-state index contributed by atoms with van der Waals surface area (Å²) < 4.78 is 0.712. The van der Waals surface area contributed by atoms with Crippen LogP contribution in [-0.4, -0.2) is 9.97 Å². The molecule has 2 heterocycles. The lowest BCUT2D eigenvalue weighted by atomic mass is 10.6. The van der Waals surface area contributed by atoms with Crippen molar-refractivity contribution in [2.24, 2.45) is 0 Å². The minimum absolute atomic E-state index is 0.703. The van der Waals surface area contributed by atoms with Crippen LogP contribution in [0.3, 0.4) is 0 Å². The number of anilines is 2. The largest absolute Gasteiger partial charge is 0.285 e. The quantitative estimate of drug-likeness (QED) is 0.571. The third-order valence-electron chi connectivity index (χ3n) is 1.10. The van der Waals surface area contributed by atoms with Crippen molar-refractivity contribution in [3.8, 4) is 0 Å². The van der Waals surface area contributed by atoms with E-state index in [4.69, 9.17) is 0 Å². The molecule has 0 amide bonds. The van der Waals surface area contributed by atoms with Gasteiger partial charge in [0.05, 0.1) is 6.20 Å². The van der Waals surface area contributed by atoms with Crippen LogP contribution in [0.15, 0.2) is 10.8 Å². The summed E-state index contributed by atoms with van der Waals surface area (Å²) >= 11 is 3.20. The first-order valence-corrected chi connectivity index (χ1v) is 3.45. The molecule has 0 aliphatic carbocycles. The Morgan fingerprint density at radius 1 is 1.30 bits per heavy atom. The number of halogens is 1. The molecule has 0 radical (unpaired) electrons. The van der Waals surface area contributed by atoms with Gasteiger partial charge in [0.15, 0.2) is 11.6 Å². The van der Waals surface area contributed by atoms with Crippen molar-refractivity contribution in [1.82, 2.24) is 15.5 Å². The van der Waals surface area contributed by atoms with E-state index in [-0.39, 0.29) is 0 Å². The molecule has 10 heavy (non-hydrogen) atoms. The maximum Gasteiger partial charge on any atom is 0.187 e. The maximum absolute atomic E-state index is 4.07. The zero-order chi connectivity index (χ0) is 6.97. The molecule has 0 saturated heterocycles. The molecule has 1 aromatic heterocycles. The van der Waals surface area contributed by atoms with Crippen LogP contribution in [0.1, 0.15) is 0 Å². The molecule has 3 N–H and O–H groups in total. The minimum Gasteiger partial charge on any atom is -0.285 e. The van der Waals surface area contributed by atoms with Gasteiger partial charge in [-0.3, -0.25) is 10.9 Å². The highest BCUT2D eigenvalue weighted by Crippen LogP contribution is 2.19. The highest BCUT2D eigenvalue weighted by molar-refractivity contribution is 9.10. The SMILES string of the molecule is Brc1cnc2c(n1)NNN2. The predicted octanol–water partition coefficient (Wildman–Crippen LogP) is 0.496. The van der Waals surface area contributed by atoms with Gasteiger partial charge in [0.2, 0.25) is 0 Å². The molecule has 0 unspecified atom stereocenters. The molecular formula is C4H4BrN5. The zero-order valence-corrected chi connectivity index (χ0v) is 6.44. The van der Waals surface area contributed by atoms with Gasteiger partial charge in [0, 0.05) is 0 Å². The van der Waals surface area contributed by atoms with Crippen molar-refractivity contribution in [1.29, 1.82) is 0 Å². The van der Waals surface area contributed by atoms with E-state index in [9.17, 15) is 0 Å². The summed E-state index contributed by atoms with van der Waals surface area (Å²) in [5.41, 5.74) is 8.22. The Hall–Kier alpha value is -0.880. The van der Waals surface area contributed by atoms with Gasteiger partial charge in [-0.1, -0.05) is 0 Å². The summed E-state index contributed by atoms with van der Waals surface area (Å²) in [4.78, 5) is 8.09. The van der Waals surface area contributed by atoms with E-state index < -0.39 is 0 Å². The van der Waals surface area contributed by atoms with Crippen LogP contribution in [0.4, 0.5) is 11.6 Å². The molecule has 0 bridgehead atoms. The Bertz CT molecular complexity index is 262. The predicted molar refractivity (Wildman–Crippen MR) is 40.1 cm³/mol. The van der Waals surface area contributed by atoms with Gasteiger partial charge >= 0.3 is 0 Å². The maximum atomic E-state index is 4.07. The van der Waals surface area contributed by atoms with Crippen molar-refractivity contribution in [3.63, 3.8) is 0 Å². The van der Waals surface area contributed by atoms with Crippen LogP contribution in [-0.2, 0) is 0 Å². The number of hydrogen-bond donors (Lipinski definition) is 3. The lowest BCUT2D eigenvalue weighted by Crippen LogP contribution is -2.19.